The Morgan fingerprint density at radius 3 is 2.68 bits per heavy atom. The Labute approximate surface area is 133 Å². The lowest BCUT2D eigenvalue weighted by molar-refractivity contribution is 0.815. The van der Waals surface area contributed by atoms with Crippen molar-refractivity contribution in [1.29, 1.82) is 0 Å². The molecule has 0 amide bonds. The molecule has 0 radical (unpaired) electrons. The summed E-state index contributed by atoms with van der Waals surface area (Å²) < 4.78 is 1.65. The molecule has 0 spiro atoms. The standard InChI is InChI=1S/C18H14N2OS/c1-3-12-22-18-19-15-10-6-5-9-14(15)17(21)20(18)16-11-7-4-8-13(16)2/h1,4-11H,12H2,2H3. The van der Waals surface area contributed by atoms with Gasteiger partial charge in [-0.3, -0.25) is 9.36 Å². The first kappa shape index (κ1) is 14.4. The van der Waals surface area contributed by atoms with Crippen LogP contribution in [-0.4, -0.2) is 15.3 Å². The van der Waals surface area contributed by atoms with Gasteiger partial charge in [-0.15, -0.1) is 6.42 Å². The van der Waals surface area contributed by atoms with Gasteiger partial charge in [0.05, 0.1) is 22.3 Å². The van der Waals surface area contributed by atoms with Crippen molar-refractivity contribution in [3.8, 4) is 18.0 Å². The zero-order valence-corrected chi connectivity index (χ0v) is 12.9. The highest BCUT2D eigenvalue weighted by Crippen LogP contribution is 2.22. The van der Waals surface area contributed by atoms with Crippen molar-refractivity contribution in [1.82, 2.24) is 9.55 Å². The fourth-order valence-corrected chi connectivity index (χ4v) is 3.03. The molecule has 0 aliphatic rings. The predicted molar refractivity (Wildman–Crippen MR) is 91.6 cm³/mol. The number of rotatable bonds is 3. The maximum absolute atomic E-state index is 12.9. The molecular weight excluding hydrogens is 292 g/mol. The highest BCUT2D eigenvalue weighted by atomic mass is 32.2. The van der Waals surface area contributed by atoms with E-state index in [4.69, 9.17) is 6.42 Å². The monoisotopic (exact) mass is 306 g/mol. The van der Waals surface area contributed by atoms with Crippen LogP contribution >= 0.6 is 11.8 Å². The molecule has 22 heavy (non-hydrogen) atoms. The molecule has 1 heterocycles. The number of para-hydroxylation sites is 2. The Kier molecular flexibility index (Phi) is 3.99. The Morgan fingerprint density at radius 1 is 1.18 bits per heavy atom. The van der Waals surface area contributed by atoms with Gasteiger partial charge in [0.1, 0.15) is 0 Å². The number of aromatic nitrogens is 2. The second-order valence-electron chi connectivity index (χ2n) is 4.83. The molecule has 0 N–H and O–H groups in total. The lowest BCUT2D eigenvalue weighted by Crippen LogP contribution is -2.22. The molecular formula is C18H14N2OS. The summed E-state index contributed by atoms with van der Waals surface area (Å²) in [7, 11) is 0. The topological polar surface area (TPSA) is 34.9 Å². The van der Waals surface area contributed by atoms with Crippen LogP contribution in [0.25, 0.3) is 16.6 Å². The van der Waals surface area contributed by atoms with Gasteiger partial charge in [-0.25, -0.2) is 4.98 Å². The van der Waals surface area contributed by atoms with E-state index in [-0.39, 0.29) is 5.56 Å². The van der Waals surface area contributed by atoms with Gasteiger partial charge < -0.3 is 0 Å². The molecule has 0 aliphatic heterocycles. The van der Waals surface area contributed by atoms with Gasteiger partial charge in [0.25, 0.3) is 5.56 Å². The number of hydrogen-bond acceptors (Lipinski definition) is 3. The molecule has 1 aromatic heterocycles. The second-order valence-corrected chi connectivity index (χ2v) is 5.77. The summed E-state index contributed by atoms with van der Waals surface area (Å²) >= 11 is 1.40. The van der Waals surface area contributed by atoms with Crippen LogP contribution in [-0.2, 0) is 0 Å². The van der Waals surface area contributed by atoms with Crippen LogP contribution in [0, 0.1) is 19.3 Å². The first-order chi connectivity index (χ1) is 10.7. The van der Waals surface area contributed by atoms with Gasteiger partial charge in [-0.1, -0.05) is 48.0 Å². The summed E-state index contributed by atoms with van der Waals surface area (Å²) in [6, 6.07) is 15.1. The van der Waals surface area contributed by atoms with E-state index >= 15 is 0 Å². The number of fused-ring (bicyclic) bond motifs is 1. The molecule has 0 bridgehead atoms. The quantitative estimate of drug-likeness (QED) is 0.422. The number of terminal acetylenes is 1. The number of nitrogens with zero attached hydrogens (tertiary/aromatic N) is 2. The van der Waals surface area contributed by atoms with Crippen molar-refractivity contribution in [3.05, 3.63) is 64.4 Å². The second kappa shape index (κ2) is 6.08. The molecule has 0 unspecified atom stereocenters. The van der Waals surface area contributed by atoms with Gasteiger partial charge in [0.15, 0.2) is 5.16 Å². The normalized spacial score (nSPS) is 10.5. The Morgan fingerprint density at radius 2 is 1.91 bits per heavy atom. The maximum atomic E-state index is 12.9. The summed E-state index contributed by atoms with van der Waals surface area (Å²) in [5.41, 5.74) is 2.48. The number of aryl methyl sites for hydroxylation is 1. The third kappa shape index (κ3) is 2.51. The third-order valence-electron chi connectivity index (χ3n) is 3.39. The molecule has 0 fully saturated rings. The minimum absolute atomic E-state index is 0.0700. The zero-order valence-electron chi connectivity index (χ0n) is 12.1. The van der Waals surface area contributed by atoms with E-state index in [0.717, 1.165) is 11.3 Å². The van der Waals surface area contributed by atoms with Crippen LogP contribution in [0.15, 0.2) is 58.5 Å². The van der Waals surface area contributed by atoms with Gasteiger partial charge >= 0.3 is 0 Å². The summed E-state index contributed by atoms with van der Waals surface area (Å²) in [5.74, 6) is 3.05. The number of benzene rings is 2. The molecule has 0 aliphatic carbocycles. The van der Waals surface area contributed by atoms with E-state index in [0.29, 0.717) is 21.8 Å². The van der Waals surface area contributed by atoms with Crippen molar-refractivity contribution >= 4 is 22.7 Å². The summed E-state index contributed by atoms with van der Waals surface area (Å²) in [4.78, 5) is 17.5. The number of hydrogen-bond donors (Lipinski definition) is 0. The van der Waals surface area contributed by atoms with Gasteiger partial charge in [-0.2, -0.15) is 0 Å². The molecule has 2 aromatic carbocycles. The van der Waals surface area contributed by atoms with E-state index in [1.54, 1.807) is 10.6 Å². The van der Waals surface area contributed by atoms with Crippen LogP contribution in [0.1, 0.15) is 5.56 Å². The largest absolute Gasteiger partial charge is 0.268 e. The first-order valence-corrected chi connectivity index (χ1v) is 7.85. The van der Waals surface area contributed by atoms with E-state index in [9.17, 15) is 4.79 Å². The lowest BCUT2D eigenvalue weighted by atomic mass is 10.2. The van der Waals surface area contributed by atoms with Crippen molar-refractivity contribution in [3.63, 3.8) is 0 Å². The molecule has 0 atom stereocenters. The fourth-order valence-electron chi connectivity index (χ4n) is 2.34. The minimum atomic E-state index is -0.0700. The third-order valence-corrected chi connectivity index (χ3v) is 4.23. The van der Waals surface area contributed by atoms with Crippen molar-refractivity contribution < 1.29 is 0 Å². The zero-order chi connectivity index (χ0) is 15.5. The van der Waals surface area contributed by atoms with Gasteiger partial charge in [0.2, 0.25) is 0 Å². The lowest BCUT2D eigenvalue weighted by Gasteiger charge is -2.14. The van der Waals surface area contributed by atoms with Crippen LogP contribution in [0.3, 0.4) is 0 Å². The SMILES string of the molecule is C#CCSc1nc2ccccc2c(=O)n1-c1ccccc1C. The average molecular weight is 306 g/mol. The van der Waals surface area contributed by atoms with Crippen molar-refractivity contribution in [2.75, 3.05) is 5.75 Å². The summed E-state index contributed by atoms with van der Waals surface area (Å²) in [5, 5.41) is 1.23. The number of thioether (sulfide) groups is 1. The van der Waals surface area contributed by atoms with E-state index in [1.807, 2.05) is 49.4 Å². The molecule has 0 saturated heterocycles. The highest BCUT2D eigenvalue weighted by Gasteiger charge is 2.13. The Hall–Kier alpha value is -2.51. The average Bonchev–Trinajstić information content (AvgIpc) is 2.54. The van der Waals surface area contributed by atoms with Crippen LogP contribution in [0.4, 0.5) is 0 Å². The molecule has 0 saturated carbocycles. The van der Waals surface area contributed by atoms with E-state index in [2.05, 4.69) is 10.9 Å². The minimum Gasteiger partial charge on any atom is -0.268 e. The maximum Gasteiger partial charge on any atom is 0.266 e. The smallest absolute Gasteiger partial charge is 0.266 e. The fraction of sp³-hybridized carbons (Fsp3) is 0.111. The van der Waals surface area contributed by atoms with Gasteiger partial charge in [-0.05, 0) is 30.7 Å². The molecule has 3 nitrogen and oxygen atoms in total. The molecule has 3 rings (SSSR count). The predicted octanol–water partition coefficient (Wildman–Crippen LogP) is 3.42. The van der Waals surface area contributed by atoms with Gasteiger partial charge in [0, 0.05) is 0 Å². The first-order valence-electron chi connectivity index (χ1n) is 6.86. The Balaban J connectivity index is 2.36. The molecule has 3 aromatic rings. The van der Waals surface area contributed by atoms with Crippen molar-refractivity contribution in [2.45, 2.75) is 12.1 Å². The molecule has 4 heteroatoms. The van der Waals surface area contributed by atoms with Crippen LogP contribution in [0.5, 0.6) is 0 Å². The van der Waals surface area contributed by atoms with Crippen molar-refractivity contribution in [2.24, 2.45) is 0 Å². The van der Waals surface area contributed by atoms with Crippen LogP contribution in [0.2, 0.25) is 0 Å². The van der Waals surface area contributed by atoms with Crippen LogP contribution < -0.4 is 5.56 Å². The van der Waals surface area contributed by atoms with E-state index < -0.39 is 0 Å². The highest BCUT2D eigenvalue weighted by molar-refractivity contribution is 7.99. The van der Waals surface area contributed by atoms with E-state index in [1.165, 1.54) is 11.8 Å². The summed E-state index contributed by atoms with van der Waals surface area (Å²) in [6.07, 6.45) is 5.36. The summed E-state index contributed by atoms with van der Waals surface area (Å²) in [6.45, 7) is 1.98. The Bertz CT molecular complexity index is 938. The molecule has 108 valence electrons.